The lowest BCUT2D eigenvalue weighted by atomic mass is 10.2. The summed E-state index contributed by atoms with van der Waals surface area (Å²) in [6.45, 7) is 0.346. The molecule has 0 aliphatic rings. The second-order valence-corrected chi connectivity index (χ2v) is 4.37. The predicted octanol–water partition coefficient (Wildman–Crippen LogP) is 1.84. The molecule has 0 spiro atoms. The SMILES string of the molecule is CN(Cc1ccccn1)C(=O)Nc1cncc(C(=O)O)c1. The molecule has 0 atom stereocenters. The molecule has 0 saturated carbocycles. The molecule has 2 rings (SSSR count). The molecule has 7 nitrogen and oxygen atoms in total. The lowest BCUT2D eigenvalue weighted by Crippen LogP contribution is -2.31. The average Bonchev–Trinajstić information content (AvgIpc) is 2.48. The van der Waals surface area contributed by atoms with Gasteiger partial charge in [-0.25, -0.2) is 9.59 Å². The van der Waals surface area contributed by atoms with Gasteiger partial charge in [-0.15, -0.1) is 0 Å². The number of hydrogen-bond donors (Lipinski definition) is 2. The van der Waals surface area contributed by atoms with Crippen LogP contribution in [-0.4, -0.2) is 39.0 Å². The number of nitrogens with one attached hydrogen (secondary N) is 1. The maximum absolute atomic E-state index is 12.0. The molecule has 0 aromatic carbocycles. The van der Waals surface area contributed by atoms with Crippen molar-refractivity contribution < 1.29 is 14.7 Å². The first-order chi connectivity index (χ1) is 10.1. The number of hydrogen-bond acceptors (Lipinski definition) is 4. The smallest absolute Gasteiger partial charge is 0.337 e. The van der Waals surface area contributed by atoms with E-state index >= 15 is 0 Å². The summed E-state index contributed by atoms with van der Waals surface area (Å²) in [6, 6.07) is 6.43. The average molecular weight is 286 g/mol. The Labute approximate surface area is 121 Å². The molecule has 108 valence electrons. The zero-order valence-corrected chi connectivity index (χ0v) is 11.4. The summed E-state index contributed by atoms with van der Waals surface area (Å²) in [5.74, 6) is -1.10. The molecule has 0 radical (unpaired) electrons. The van der Waals surface area contributed by atoms with Crippen molar-refractivity contribution in [1.82, 2.24) is 14.9 Å². The van der Waals surface area contributed by atoms with Crippen LogP contribution in [0.5, 0.6) is 0 Å². The van der Waals surface area contributed by atoms with Crippen LogP contribution in [0.1, 0.15) is 16.1 Å². The van der Waals surface area contributed by atoms with Gasteiger partial charge in [-0.3, -0.25) is 9.97 Å². The van der Waals surface area contributed by atoms with Crippen molar-refractivity contribution in [3.63, 3.8) is 0 Å². The Bertz CT molecular complexity index is 646. The first-order valence-electron chi connectivity index (χ1n) is 6.16. The first-order valence-corrected chi connectivity index (χ1v) is 6.16. The van der Waals surface area contributed by atoms with Gasteiger partial charge in [0.05, 0.1) is 29.7 Å². The molecule has 0 bridgehead atoms. The molecule has 0 aliphatic carbocycles. The minimum absolute atomic E-state index is 0.0141. The van der Waals surface area contributed by atoms with Crippen LogP contribution < -0.4 is 5.32 Å². The number of rotatable bonds is 4. The van der Waals surface area contributed by atoms with Crippen molar-refractivity contribution in [2.24, 2.45) is 0 Å². The molecule has 0 saturated heterocycles. The highest BCUT2D eigenvalue weighted by atomic mass is 16.4. The normalized spacial score (nSPS) is 9.95. The summed E-state index contributed by atoms with van der Waals surface area (Å²) < 4.78 is 0. The highest BCUT2D eigenvalue weighted by Gasteiger charge is 2.11. The fourth-order valence-corrected chi connectivity index (χ4v) is 1.65. The fourth-order valence-electron chi connectivity index (χ4n) is 1.65. The Morgan fingerprint density at radius 2 is 2.14 bits per heavy atom. The van der Waals surface area contributed by atoms with Gasteiger partial charge in [-0.05, 0) is 18.2 Å². The van der Waals surface area contributed by atoms with Crippen LogP contribution >= 0.6 is 0 Å². The maximum Gasteiger partial charge on any atom is 0.337 e. The number of pyridine rings is 2. The molecule has 2 heterocycles. The van der Waals surface area contributed by atoms with Crippen molar-refractivity contribution >= 4 is 17.7 Å². The van der Waals surface area contributed by atoms with E-state index < -0.39 is 5.97 Å². The zero-order chi connectivity index (χ0) is 15.2. The minimum atomic E-state index is -1.10. The minimum Gasteiger partial charge on any atom is -0.478 e. The molecule has 0 aliphatic heterocycles. The summed E-state index contributed by atoms with van der Waals surface area (Å²) in [5.41, 5.74) is 1.10. The van der Waals surface area contributed by atoms with Gasteiger partial charge in [0.2, 0.25) is 0 Å². The third-order valence-electron chi connectivity index (χ3n) is 2.71. The largest absolute Gasteiger partial charge is 0.478 e. The van der Waals surface area contributed by atoms with E-state index in [0.717, 1.165) is 5.69 Å². The lowest BCUT2D eigenvalue weighted by molar-refractivity contribution is 0.0696. The maximum atomic E-state index is 12.0. The van der Waals surface area contributed by atoms with E-state index in [9.17, 15) is 9.59 Å². The molecule has 2 aromatic rings. The summed E-state index contributed by atoms with van der Waals surface area (Å²) in [6.07, 6.45) is 4.26. The van der Waals surface area contributed by atoms with E-state index in [4.69, 9.17) is 5.11 Å². The Kier molecular flexibility index (Phi) is 4.45. The van der Waals surface area contributed by atoms with E-state index in [-0.39, 0.29) is 11.6 Å². The van der Waals surface area contributed by atoms with Crippen LogP contribution in [0.3, 0.4) is 0 Å². The Morgan fingerprint density at radius 1 is 1.33 bits per heavy atom. The Morgan fingerprint density at radius 3 is 2.81 bits per heavy atom. The molecule has 2 aromatic heterocycles. The van der Waals surface area contributed by atoms with E-state index in [1.165, 1.54) is 23.4 Å². The van der Waals surface area contributed by atoms with Gasteiger partial charge in [0.25, 0.3) is 0 Å². The number of carboxylic acid groups (broad SMARTS) is 1. The second kappa shape index (κ2) is 6.47. The first kappa shape index (κ1) is 14.4. The van der Waals surface area contributed by atoms with E-state index in [2.05, 4.69) is 15.3 Å². The van der Waals surface area contributed by atoms with Crippen LogP contribution in [0.4, 0.5) is 10.5 Å². The number of carbonyl (C=O) groups excluding carboxylic acids is 1. The van der Waals surface area contributed by atoms with Crippen LogP contribution in [-0.2, 0) is 6.54 Å². The summed E-state index contributed by atoms with van der Waals surface area (Å²) in [4.78, 5) is 32.2. The number of aromatic nitrogens is 2. The molecule has 7 heteroatoms. The van der Waals surface area contributed by atoms with Gasteiger partial charge < -0.3 is 15.3 Å². The lowest BCUT2D eigenvalue weighted by Gasteiger charge is -2.17. The van der Waals surface area contributed by atoms with Crippen LogP contribution in [0.25, 0.3) is 0 Å². The summed E-state index contributed by atoms with van der Waals surface area (Å²) in [7, 11) is 1.62. The highest BCUT2D eigenvalue weighted by Crippen LogP contribution is 2.10. The van der Waals surface area contributed by atoms with Crippen LogP contribution in [0.2, 0.25) is 0 Å². The third-order valence-corrected chi connectivity index (χ3v) is 2.71. The topological polar surface area (TPSA) is 95.4 Å². The number of amides is 2. The second-order valence-electron chi connectivity index (χ2n) is 4.37. The predicted molar refractivity (Wildman–Crippen MR) is 75.9 cm³/mol. The Hall–Kier alpha value is -2.96. The van der Waals surface area contributed by atoms with Gasteiger partial charge >= 0.3 is 12.0 Å². The van der Waals surface area contributed by atoms with E-state index in [1.807, 2.05) is 12.1 Å². The molecular formula is C14H14N4O3. The molecule has 21 heavy (non-hydrogen) atoms. The summed E-state index contributed by atoms with van der Waals surface area (Å²) in [5, 5.41) is 11.5. The van der Waals surface area contributed by atoms with Crippen molar-refractivity contribution in [3.05, 3.63) is 54.1 Å². The van der Waals surface area contributed by atoms with Crippen molar-refractivity contribution in [1.29, 1.82) is 0 Å². The van der Waals surface area contributed by atoms with Crippen molar-refractivity contribution in [2.45, 2.75) is 6.54 Å². The van der Waals surface area contributed by atoms with Crippen LogP contribution in [0, 0.1) is 0 Å². The number of anilines is 1. The number of carbonyl (C=O) groups is 2. The van der Waals surface area contributed by atoms with Gasteiger partial charge in [0.15, 0.2) is 0 Å². The number of carboxylic acids is 1. The van der Waals surface area contributed by atoms with Gasteiger partial charge in [-0.2, -0.15) is 0 Å². The number of nitrogens with zero attached hydrogens (tertiary/aromatic N) is 3. The number of urea groups is 1. The Balaban J connectivity index is 2.00. The standard InChI is InChI=1S/C14H14N4O3/c1-18(9-11-4-2-3-5-16-11)14(21)17-12-6-10(13(19)20)7-15-8-12/h2-8H,9H2,1H3,(H,17,21)(H,19,20). The highest BCUT2D eigenvalue weighted by molar-refractivity contribution is 5.92. The van der Waals surface area contributed by atoms with Crippen LogP contribution in [0.15, 0.2) is 42.9 Å². The van der Waals surface area contributed by atoms with Gasteiger partial charge in [0, 0.05) is 19.4 Å². The quantitative estimate of drug-likeness (QED) is 0.894. The molecule has 2 N–H and O–H groups in total. The molecule has 0 unspecified atom stereocenters. The molecular weight excluding hydrogens is 272 g/mol. The molecule has 2 amide bonds. The van der Waals surface area contributed by atoms with Gasteiger partial charge in [-0.1, -0.05) is 6.07 Å². The third kappa shape index (κ3) is 4.00. The monoisotopic (exact) mass is 286 g/mol. The van der Waals surface area contributed by atoms with Gasteiger partial charge in [0.1, 0.15) is 0 Å². The van der Waals surface area contributed by atoms with Crippen molar-refractivity contribution in [2.75, 3.05) is 12.4 Å². The van der Waals surface area contributed by atoms with E-state index in [1.54, 1.807) is 19.3 Å². The van der Waals surface area contributed by atoms with Crippen molar-refractivity contribution in [3.8, 4) is 0 Å². The summed E-state index contributed by atoms with van der Waals surface area (Å²) >= 11 is 0. The molecule has 0 fully saturated rings. The van der Waals surface area contributed by atoms with E-state index in [0.29, 0.717) is 12.2 Å². The zero-order valence-electron chi connectivity index (χ0n) is 11.4. The fraction of sp³-hybridized carbons (Fsp3) is 0.143. The number of aromatic carboxylic acids is 1.